The first-order valence-electron chi connectivity index (χ1n) is 4.97. The van der Waals surface area contributed by atoms with E-state index >= 15 is 0 Å². The molecule has 1 N–H and O–H groups in total. The van der Waals surface area contributed by atoms with E-state index in [1.165, 1.54) is 12.8 Å². The van der Waals surface area contributed by atoms with Gasteiger partial charge in [0.05, 0.1) is 11.5 Å². The van der Waals surface area contributed by atoms with Gasteiger partial charge in [0.1, 0.15) is 0 Å². The zero-order chi connectivity index (χ0) is 10.6. The van der Waals surface area contributed by atoms with Crippen LogP contribution in [0.25, 0.3) is 0 Å². The van der Waals surface area contributed by atoms with Crippen molar-refractivity contribution in [3.63, 3.8) is 0 Å². The van der Waals surface area contributed by atoms with Gasteiger partial charge in [0.2, 0.25) is 0 Å². The average molecular weight is 214 g/mol. The van der Waals surface area contributed by atoms with Crippen molar-refractivity contribution in [2.45, 2.75) is 39.3 Å². The van der Waals surface area contributed by atoms with Gasteiger partial charge in [-0.2, -0.15) is 0 Å². The monoisotopic (exact) mass is 214 g/mol. The molecule has 1 aromatic heterocycles. The molecule has 1 unspecified atom stereocenters. The second kappa shape index (κ2) is 5.32. The van der Waals surface area contributed by atoms with E-state index in [9.17, 15) is 0 Å². The summed E-state index contributed by atoms with van der Waals surface area (Å²) in [6, 6.07) is 0.512. The lowest BCUT2D eigenvalue weighted by Crippen LogP contribution is -2.28. The summed E-state index contributed by atoms with van der Waals surface area (Å²) in [6.45, 7) is 4.47. The first kappa shape index (κ1) is 11.5. The minimum Gasteiger partial charge on any atom is -0.391 e. The third-order valence-electron chi connectivity index (χ3n) is 2.37. The normalized spacial score (nSPS) is 12.9. The fourth-order valence-corrected chi connectivity index (χ4v) is 2.17. The molecule has 0 aliphatic heterocycles. The summed E-state index contributed by atoms with van der Waals surface area (Å²) in [5, 5.41) is 9.92. The zero-order valence-electron chi connectivity index (χ0n) is 9.03. The van der Waals surface area contributed by atoms with Crippen LogP contribution in [0.2, 0.25) is 0 Å². The van der Waals surface area contributed by atoms with Crippen LogP contribution in [0.1, 0.15) is 31.6 Å². The molecule has 0 saturated carbocycles. The highest BCUT2D eigenvalue weighted by atomic mass is 32.1. The smallest absolute Gasteiger partial charge is 0.185 e. The topological polar surface area (TPSA) is 36.4 Å². The molecule has 1 aromatic rings. The van der Waals surface area contributed by atoms with Gasteiger partial charge in [-0.15, -0.1) is 0 Å². The molecule has 1 atom stereocenters. The molecular formula is C10H18N2OS. The van der Waals surface area contributed by atoms with E-state index in [1.807, 2.05) is 0 Å². The highest BCUT2D eigenvalue weighted by Gasteiger charge is 2.12. The molecule has 3 nitrogen and oxygen atoms in total. The van der Waals surface area contributed by atoms with Gasteiger partial charge in [0, 0.05) is 19.3 Å². The van der Waals surface area contributed by atoms with Crippen molar-refractivity contribution in [3.8, 4) is 0 Å². The number of aromatic nitrogens is 1. The molecule has 4 heteroatoms. The number of anilines is 1. The summed E-state index contributed by atoms with van der Waals surface area (Å²) in [5.74, 6) is 0. The first-order valence-corrected chi connectivity index (χ1v) is 5.79. The molecule has 14 heavy (non-hydrogen) atoms. The maximum absolute atomic E-state index is 8.93. The van der Waals surface area contributed by atoms with E-state index in [0.29, 0.717) is 6.04 Å². The summed E-state index contributed by atoms with van der Waals surface area (Å²) in [5.41, 5.74) is 0. The largest absolute Gasteiger partial charge is 0.391 e. The highest BCUT2D eigenvalue weighted by molar-refractivity contribution is 7.15. The summed E-state index contributed by atoms with van der Waals surface area (Å²) >= 11 is 1.56. The van der Waals surface area contributed by atoms with Crippen LogP contribution in [0.4, 0.5) is 5.13 Å². The summed E-state index contributed by atoms with van der Waals surface area (Å²) in [4.78, 5) is 7.38. The van der Waals surface area contributed by atoms with Crippen LogP contribution < -0.4 is 4.90 Å². The SMILES string of the molecule is CCCC(C)N(C)c1ncc(CO)s1. The van der Waals surface area contributed by atoms with Crippen molar-refractivity contribution in [2.24, 2.45) is 0 Å². The molecule has 80 valence electrons. The molecule has 0 aromatic carbocycles. The Bertz CT molecular complexity index is 275. The van der Waals surface area contributed by atoms with Crippen LogP contribution >= 0.6 is 11.3 Å². The quantitative estimate of drug-likeness (QED) is 0.816. The maximum Gasteiger partial charge on any atom is 0.185 e. The van der Waals surface area contributed by atoms with Gasteiger partial charge in [0.15, 0.2) is 5.13 Å². The summed E-state index contributed by atoms with van der Waals surface area (Å²) in [6.07, 6.45) is 4.10. The minimum atomic E-state index is 0.0909. The van der Waals surface area contributed by atoms with Gasteiger partial charge in [-0.25, -0.2) is 4.98 Å². The molecule has 0 radical (unpaired) electrons. The predicted molar refractivity (Wildman–Crippen MR) is 60.8 cm³/mol. The Morgan fingerprint density at radius 3 is 2.86 bits per heavy atom. The molecule has 1 heterocycles. The van der Waals surface area contributed by atoms with Crippen LogP contribution in [0.3, 0.4) is 0 Å². The van der Waals surface area contributed by atoms with Gasteiger partial charge < -0.3 is 10.0 Å². The maximum atomic E-state index is 8.93. The lowest BCUT2D eigenvalue weighted by molar-refractivity contribution is 0.285. The van der Waals surface area contributed by atoms with Crippen LogP contribution in [0, 0.1) is 0 Å². The molecule has 0 fully saturated rings. The first-order chi connectivity index (χ1) is 6.69. The lowest BCUT2D eigenvalue weighted by Gasteiger charge is -2.23. The number of nitrogens with zero attached hydrogens (tertiary/aromatic N) is 2. The van der Waals surface area contributed by atoms with Crippen LogP contribution in [0.5, 0.6) is 0 Å². The van der Waals surface area contributed by atoms with E-state index in [4.69, 9.17) is 5.11 Å². The number of thiazole rings is 1. The molecule has 1 rings (SSSR count). The van der Waals surface area contributed by atoms with Crippen LogP contribution in [0.15, 0.2) is 6.20 Å². The fraction of sp³-hybridized carbons (Fsp3) is 0.700. The molecule has 0 bridgehead atoms. The Morgan fingerprint density at radius 1 is 1.64 bits per heavy atom. The third kappa shape index (κ3) is 2.69. The number of hydrogen-bond acceptors (Lipinski definition) is 4. The average Bonchev–Trinajstić information content (AvgIpc) is 2.65. The van der Waals surface area contributed by atoms with E-state index < -0.39 is 0 Å². The van der Waals surface area contributed by atoms with Gasteiger partial charge >= 0.3 is 0 Å². The Kier molecular flexibility index (Phi) is 4.35. The zero-order valence-corrected chi connectivity index (χ0v) is 9.84. The van der Waals surface area contributed by atoms with E-state index in [2.05, 4.69) is 30.8 Å². The standard InChI is InChI=1S/C10H18N2OS/c1-4-5-8(2)12(3)10-11-6-9(7-13)14-10/h6,8,13H,4-5,7H2,1-3H3. The number of rotatable bonds is 5. The van der Waals surface area contributed by atoms with Crippen molar-refractivity contribution in [3.05, 3.63) is 11.1 Å². The van der Waals surface area contributed by atoms with Crippen LogP contribution in [-0.2, 0) is 6.61 Å². The second-order valence-electron chi connectivity index (χ2n) is 3.52. The number of aliphatic hydroxyl groups is 1. The minimum absolute atomic E-state index is 0.0909. The number of hydrogen-bond donors (Lipinski definition) is 1. The van der Waals surface area contributed by atoms with Crippen molar-refractivity contribution < 1.29 is 5.11 Å². The van der Waals surface area contributed by atoms with Crippen molar-refractivity contribution in [2.75, 3.05) is 11.9 Å². The van der Waals surface area contributed by atoms with Gasteiger partial charge in [-0.3, -0.25) is 0 Å². The molecule has 0 amide bonds. The van der Waals surface area contributed by atoms with Crippen molar-refractivity contribution >= 4 is 16.5 Å². The molecular weight excluding hydrogens is 196 g/mol. The lowest BCUT2D eigenvalue weighted by atomic mass is 10.2. The molecule has 0 aliphatic rings. The Hall–Kier alpha value is -0.610. The molecule has 0 spiro atoms. The summed E-state index contributed by atoms with van der Waals surface area (Å²) in [7, 11) is 2.06. The Balaban J connectivity index is 2.63. The third-order valence-corrected chi connectivity index (χ3v) is 3.44. The van der Waals surface area contributed by atoms with E-state index in [0.717, 1.165) is 10.0 Å². The van der Waals surface area contributed by atoms with E-state index in [1.54, 1.807) is 17.5 Å². The van der Waals surface area contributed by atoms with Gasteiger partial charge in [0.25, 0.3) is 0 Å². The van der Waals surface area contributed by atoms with E-state index in [-0.39, 0.29) is 6.61 Å². The van der Waals surface area contributed by atoms with Gasteiger partial charge in [-0.1, -0.05) is 24.7 Å². The van der Waals surface area contributed by atoms with Crippen molar-refractivity contribution in [1.82, 2.24) is 4.98 Å². The second-order valence-corrected chi connectivity index (χ2v) is 4.61. The highest BCUT2D eigenvalue weighted by Crippen LogP contribution is 2.23. The Morgan fingerprint density at radius 2 is 2.36 bits per heavy atom. The Labute approximate surface area is 89.4 Å². The predicted octanol–water partition coefficient (Wildman–Crippen LogP) is 2.26. The molecule has 0 saturated heterocycles. The number of aliphatic hydroxyl groups excluding tert-OH is 1. The van der Waals surface area contributed by atoms with Gasteiger partial charge in [-0.05, 0) is 13.3 Å². The summed E-state index contributed by atoms with van der Waals surface area (Å²) < 4.78 is 0. The van der Waals surface area contributed by atoms with Crippen molar-refractivity contribution in [1.29, 1.82) is 0 Å². The fourth-order valence-electron chi connectivity index (χ4n) is 1.33. The van der Waals surface area contributed by atoms with Crippen LogP contribution in [-0.4, -0.2) is 23.2 Å². The molecule has 0 aliphatic carbocycles.